The van der Waals surface area contributed by atoms with E-state index in [1.165, 1.54) is 17.3 Å². The van der Waals surface area contributed by atoms with Crippen LogP contribution in [0.15, 0.2) is 47.6 Å². The van der Waals surface area contributed by atoms with Crippen molar-refractivity contribution in [3.05, 3.63) is 53.9 Å². The molecule has 3 aromatic rings. The second kappa shape index (κ2) is 12.0. The maximum Gasteiger partial charge on any atom is 0.234 e. The van der Waals surface area contributed by atoms with Gasteiger partial charge in [-0.2, -0.15) is 0 Å². The van der Waals surface area contributed by atoms with Crippen LogP contribution in [0.4, 0.5) is 5.69 Å². The molecule has 0 saturated carbocycles. The lowest BCUT2D eigenvalue weighted by molar-refractivity contribution is -0.113. The first kappa shape index (κ1) is 26.4. The van der Waals surface area contributed by atoms with Gasteiger partial charge in [0, 0.05) is 12.1 Å². The van der Waals surface area contributed by atoms with Crippen LogP contribution in [-0.2, 0) is 4.79 Å². The van der Waals surface area contributed by atoms with Crippen molar-refractivity contribution in [3.8, 4) is 17.2 Å². The molecule has 2 aromatic carbocycles. The molecule has 3 rings (SSSR count). The number of anilines is 1. The molecule has 1 atom stereocenters. The van der Waals surface area contributed by atoms with Gasteiger partial charge in [0.15, 0.2) is 17.1 Å². The maximum atomic E-state index is 12.7. The molecule has 0 saturated heterocycles. The first-order chi connectivity index (χ1) is 16.7. The first-order valence-corrected chi connectivity index (χ1v) is 12.6. The number of amides is 1. The molecule has 1 N–H and O–H groups in total. The molecule has 188 valence electrons. The summed E-state index contributed by atoms with van der Waals surface area (Å²) >= 11 is 1.33. The van der Waals surface area contributed by atoms with Gasteiger partial charge in [-0.25, -0.2) is 0 Å². The Morgan fingerprint density at radius 2 is 1.66 bits per heavy atom. The summed E-state index contributed by atoms with van der Waals surface area (Å²) in [6.07, 6.45) is -0.306. The Labute approximate surface area is 211 Å². The minimum absolute atomic E-state index is 0.0957. The van der Waals surface area contributed by atoms with E-state index < -0.39 is 0 Å². The molecule has 1 aromatic heterocycles. The van der Waals surface area contributed by atoms with Crippen molar-refractivity contribution in [2.45, 2.75) is 57.8 Å². The van der Waals surface area contributed by atoms with E-state index in [9.17, 15) is 4.79 Å². The lowest BCUT2D eigenvalue weighted by Gasteiger charge is -2.19. The molecule has 1 unspecified atom stereocenters. The van der Waals surface area contributed by atoms with Gasteiger partial charge < -0.3 is 24.1 Å². The fourth-order valence-corrected chi connectivity index (χ4v) is 4.44. The van der Waals surface area contributed by atoms with Crippen molar-refractivity contribution in [1.82, 2.24) is 14.8 Å². The van der Waals surface area contributed by atoms with Gasteiger partial charge in [0.25, 0.3) is 0 Å². The zero-order valence-corrected chi connectivity index (χ0v) is 22.2. The molecular formula is C26H34N4O4S. The van der Waals surface area contributed by atoms with Crippen molar-refractivity contribution < 1.29 is 19.0 Å². The summed E-state index contributed by atoms with van der Waals surface area (Å²) in [5.74, 6) is 3.13. The number of thioether (sulfide) groups is 1. The topological polar surface area (TPSA) is 87.5 Å². The molecule has 35 heavy (non-hydrogen) atoms. The van der Waals surface area contributed by atoms with Crippen molar-refractivity contribution in [3.63, 3.8) is 0 Å². The Hall–Kier alpha value is -3.20. The fraction of sp³-hybridized carbons (Fsp3) is 0.423. The molecule has 1 heterocycles. The van der Waals surface area contributed by atoms with Gasteiger partial charge in [-0.15, -0.1) is 10.2 Å². The predicted octanol–water partition coefficient (Wildman–Crippen LogP) is 5.87. The van der Waals surface area contributed by atoms with Gasteiger partial charge in [0.05, 0.1) is 25.7 Å². The van der Waals surface area contributed by atoms with Gasteiger partial charge >= 0.3 is 0 Å². The van der Waals surface area contributed by atoms with E-state index in [0.717, 1.165) is 5.75 Å². The number of hydrogen-bond acceptors (Lipinski definition) is 7. The Bertz CT molecular complexity index is 1130. The van der Waals surface area contributed by atoms with E-state index in [1.807, 2.05) is 23.6 Å². The van der Waals surface area contributed by atoms with Gasteiger partial charge in [-0.05, 0) is 56.5 Å². The number of nitrogens with one attached hydrogen (secondary N) is 1. The lowest BCUT2D eigenvalue weighted by Crippen LogP contribution is -2.17. The normalized spacial score (nSPS) is 12.0. The summed E-state index contributed by atoms with van der Waals surface area (Å²) in [7, 11) is 3.13. The molecular weight excluding hydrogens is 464 g/mol. The third-order valence-corrected chi connectivity index (χ3v) is 6.39. The van der Waals surface area contributed by atoms with Crippen molar-refractivity contribution in [1.29, 1.82) is 0 Å². The molecule has 0 radical (unpaired) electrons. The average molecular weight is 499 g/mol. The van der Waals surface area contributed by atoms with E-state index >= 15 is 0 Å². The largest absolute Gasteiger partial charge is 0.497 e. The summed E-state index contributed by atoms with van der Waals surface area (Å²) in [6, 6.07) is 13.5. The molecule has 8 nitrogen and oxygen atoms in total. The second-order valence-electron chi connectivity index (χ2n) is 8.69. The van der Waals surface area contributed by atoms with Gasteiger partial charge in [-0.1, -0.05) is 37.7 Å². The maximum absolute atomic E-state index is 12.7. The Balaban J connectivity index is 1.69. The minimum atomic E-state index is -0.306. The molecule has 9 heteroatoms. The van der Waals surface area contributed by atoms with E-state index in [-0.39, 0.29) is 23.8 Å². The Morgan fingerprint density at radius 1 is 0.971 bits per heavy atom. The third-order valence-electron chi connectivity index (χ3n) is 5.44. The monoisotopic (exact) mass is 498 g/mol. The number of rotatable bonds is 11. The van der Waals surface area contributed by atoms with Crippen molar-refractivity contribution >= 4 is 23.4 Å². The van der Waals surface area contributed by atoms with Crippen LogP contribution in [-0.4, -0.2) is 40.6 Å². The summed E-state index contributed by atoms with van der Waals surface area (Å²) in [4.78, 5) is 12.7. The standard InChI is InChI=1S/C26H34N4O4S/c1-16(2)19-8-10-20(11-9-19)34-18(5)25-28-29-26(30(25)17(3)4)35-15-24(31)27-22-14-21(32-6)12-13-23(22)33-7/h8-14,16-18H,15H2,1-7H3,(H,27,31). The molecule has 0 spiro atoms. The average Bonchev–Trinajstić information content (AvgIpc) is 3.27. The lowest BCUT2D eigenvalue weighted by atomic mass is 10.0. The number of carbonyl (C=O) groups is 1. The van der Waals surface area contributed by atoms with Crippen LogP contribution in [0.1, 0.15) is 64.1 Å². The Morgan fingerprint density at radius 3 is 2.26 bits per heavy atom. The zero-order valence-electron chi connectivity index (χ0n) is 21.4. The summed E-state index contributed by atoms with van der Waals surface area (Å²) in [5, 5.41) is 12.3. The van der Waals surface area contributed by atoms with Gasteiger partial charge in [-0.3, -0.25) is 4.79 Å². The zero-order chi connectivity index (χ0) is 25.5. The van der Waals surface area contributed by atoms with E-state index in [2.05, 4.69) is 55.3 Å². The second-order valence-corrected chi connectivity index (χ2v) is 9.63. The molecule has 1 amide bonds. The molecule has 0 aliphatic heterocycles. The van der Waals surface area contributed by atoms with Crippen molar-refractivity contribution in [2.24, 2.45) is 0 Å². The number of ether oxygens (including phenoxy) is 3. The van der Waals surface area contributed by atoms with Gasteiger partial charge in [0.1, 0.15) is 17.2 Å². The van der Waals surface area contributed by atoms with Crippen LogP contribution < -0.4 is 19.5 Å². The fourth-order valence-electron chi connectivity index (χ4n) is 3.57. The van der Waals surface area contributed by atoms with Crippen LogP contribution in [0.3, 0.4) is 0 Å². The highest BCUT2D eigenvalue weighted by Gasteiger charge is 2.22. The highest BCUT2D eigenvalue weighted by Crippen LogP contribution is 2.31. The van der Waals surface area contributed by atoms with Crippen LogP contribution in [0.2, 0.25) is 0 Å². The van der Waals surface area contributed by atoms with E-state index in [1.54, 1.807) is 32.4 Å². The molecule has 0 bridgehead atoms. The van der Waals surface area contributed by atoms with E-state index in [4.69, 9.17) is 14.2 Å². The molecule has 0 fully saturated rings. The number of benzene rings is 2. The third kappa shape index (κ3) is 6.69. The number of hydrogen-bond donors (Lipinski definition) is 1. The number of carbonyl (C=O) groups excluding carboxylic acids is 1. The number of aromatic nitrogens is 3. The molecule has 0 aliphatic carbocycles. The van der Waals surface area contributed by atoms with Gasteiger partial charge in [0.2, 0.25) is 5.91 Å². The van der Waals surface area contributed by atoms with E-state index in [0.29, 0.717) is 34.1 Å². The predicted molar refractivity (Wildman–Crippen MR) is 139 cm³/mol. The minimum Gasteiger partial charge on any atom is -0.497 e. The first-order valence-electron chi connectivity index (χ1n) is 11.6. The Kier molecular flexibility index (Phi) is 9.03. The quantitative estimate of drug-likeness (QED) is 0.331. The van der Waals surface area contributed by atoms with Crippen LogP contribution in [0.25, 0.3) is 0 Å². The van der Waals surface area contributed by atoms with Crippen molar-refractivity contribution in [2.75, 3.05) is 25.3 Å². The highest BCUT2D eigenvalue weighted by molar-refractivity contribution is 7.99. The number of methoxy groups -OCH3 is 2. The summed E-state index contributed by atoms with van der Waals surface area (Å²) < 4.78 is 18.7. The molecule has 0 aliphatic rings. The summed E-state index contributed by atoms with van der Waals surface area (Å²) in [5.41, 5.74) is 1.81. The smallest absolute Gasteiger partial charge is 0.234 e. The highest BCUT2D eigenvalue weighted by atomic mass is 32.2. The van der Waals surface area contributed by atoms with Crippen LogP contribution >= 0.6 is 11.8 Å². The summed E-state index contributed by atoms with van der Waals surface area (Å²) in [6.45, 7) is 10.4. The number of nitrogens with zero attached hydrogens (tertiary/aromatic N) is 3. The van der Waals surface area contributed by atoms with Crippen LogP contribution in [0, 0.1) is 0 Å². The van der Waals surface area contributed by atoms with Crippen LogP contribution in [0.5, 0.6) is 17.2 Å². The SMILES string of the molecule is COc1ccc(OC)c(NC(=O)CSc2nnc(C(C)Oc3ccc(C(C)C)cc3)n2C(C)C)c1.